The van der Waals surface area contributed by atoms with Crippen LogP contribution >= 0.6 is 23.2 Å². The van der Waals surface area contributed by atoms with Crippen molar-refractivity contribution in [2.75, 3.05) is 26.3 Å². The largest absolute Gasteiger partial charge is 0.394 e. The highest BCUT2D eigenvalue weighted by Gasteiger charge is 2.22. The molecule has 1 aromatic rings. The van der Waals surface area contributed by atoms with Crippen LogP contribution in [0.1, 0.15) is 5.56 Å². The molecule has 0 bridgehead atoms. The Hall–Kier alpha value is -1.07. The third-order valence-electron chi connectivity index (χ3n) is 3.02. The highest BCUT2D eigenvalue weighted by molar-refractivity contribution is 6.42. The van der Waals surface area contributed by atoms with E-state index in [-0.39, 0.29) is 18.6 Å². The summed E-state index contributed by atoms with van der Waals surface area (Å²) in [7, 11) is 0. The first-order valence-corrected chi connectivity index (χ1v) is 7.00. The molecule has 0 saturated carbocycles. The van der Waals surface area contributed by atoms with Gasteiger partial charge in [0.1, 0.15) is 0 Å². The second-order valence-electron chi connectivity index (χ2n) is 4.47. The Morgan fingerprint density at radius 1 is 1.45 bits per heavy atom. The molecule has 108 valence electrons. The van der Waals surface area contributed by atoms with E-state index < -0.39 is 0 Å². The number of rotatable bonds is 3. The van der Waals surface area contributed by atoms with Crippen LogP contribution in [0.5, 0.6) is 0 Å². The van der Waals surface area contributed by atoms with E-state index in [1.54, 1.807) is 29.2 Å². The Morgan fingerprint density at radius 2 is 2.25 bits per heavy atom. The van der Waals surface area contributed by atoms with Crippen molar-refractivity contribution in [2.24, 2.45) is 0 Å². The van der Waals surface area contributed by atoms with Crippen LogP contribution in [0.3, 0.4) is 0 Å². The maximum absolute atomic E-state index is 12.0. The lowest BCUT2D eigenvalue weighted by atomic mass is 10.2. The molecule has 0 aromatic heterocycles. The molecular formula is C14H15Cl2NO3. The zero-order valence-electron chi connectivity index (χ0n) is 10.8. The number of morpholine rings is 1. The van der Waals surface area contributed by atoms with E-state index in [0.29, 0.717) is 29.7 Å². The van der Waals surface area contributed by atoms with Crippen LogP contribution < -0.4 is 0 Å². The summed E-state index contributed by atoms with van der Waals surface area (Å²) in [5.74, 6) is -0.113. The van der Waals surface area contributed by atoms with E-state index in [9.17, 15) is 4.79 Å². The predicted molar refractivity (Wildman–Crippen MR) is 78.9 cm³/mol. The molecule has 6 heteroatoms. The molecule has 1 aliphatic rings. The number of carbonyl (C=O) groups excluding carboxylic acids is 1. The van der Waals surface area contributed by atoms with E-state index in [0.717, 1.165) is 5.56 Å². The van der Waals surface area contributed by atoms with Crippen LogP contribution in [0.4, 0.5) is 0 Å². The van der Waals surface area contributed by atoms with Crippen molar-refractivity contribution in [3.8, 4) is 0 Å². The topological polar surface area (TPSA) is 49.8 Å². The molecule has 1 fully saturated rings. The maximum atomic E-state index is 12.0. The second-order valence-corrected chi connectivity index (χ2v) is 5.28. The lowest BCUT2D eigenvalue weighted by Gasteiger charge is -2.31. The van der Waals surface area contributed by atoms with Gasteiger partial charge in [0.15, 0.2) is 0 Å². The van der Waals surface area contributed by atoms with Gasteiger partial charge in [0.2, 0.25) is 5.91 Å². The van der Waals surface area contributed by atoms with E-state index in [1.165, 1.54) is 6.08 Å². The Kier molecular flexibility index (Phi) is 5.43. The molecule has 1 unspecified atom stereocenters. The third-order valence-corrected chi connectivity index (χ3v) is 3.76. The summed E-state index contributed by atoms with van der Waals surface area (Å²) in [4.78, 5) is 13.7. The van der Waals surface area contributed by atoms with Crippen molar-refractivity contribution in [3.63, 3.8) is 0 Å². The van der Waals surface area contributed by atoms with Gasteiger partial charge in [-0.2, -0.15) is 0 Å². The van der Waals surface area contributed by atoms with E-state index in [4.69, 9.17) is 33.0 Å². The van der Waals surface area contributed by atoms with Gasteiger partial charge in [-0.3, -0.25) is 4.79 Å². The fourth-order valence-electron chi connectivity index (χ4n) is 1.92. The second kappa shape index (κ2) is 7.09. The summed E-state index contributed by atoms with van der Waals surface area (Å²) >= 11 is 11.7. The predicted octanol–water partition coefficient (Wildman–Crippen LogP) is 2.23. The van der Waals surface area contributed by atoms with Crippen LogP contribution in [0.15, 0.2) is 24.3 Å². The quantitative estimate of drug-likeness (QED) is 0.870. The number of aliphatic hydroxyl groups excluding tert-OH is 1. The number of hydrogen-bond donors (Lipinski definition) is 1. The Bertz CT molecular complexity index is 519. The van der Waals surface area contributed by atoms with E-state index in [1.807, 2.05) is 0 Å². The van der Waals surface area contributed by atoms with Crippen molar-refractivity contribution >= 4 is 35.2 Å². The normalized spacial score (nSPS) is 19.6. The first-order valence-electron chi connectivity index (χ1n) is 6.24. The number of ether oxygens (including phenoxy) is 1. The molecule has 0 aliphatic carbocycles. The minimum atomic E-state index is -0.300. The molecule has 1 atom stereocenters. The zero-order chi connectivity index (χ0) is 14.5. The number of amides is 1. The van der Waals surface area contributed by atoms with Gasteiger partial charge in [-0.25, -0.2) is 0 Å². The van der Waals surface area contributed by atoms with Crippen LogP contribution in [0, 0.1) is 0 Å². The molecule has 2 rings (SSSR count). The molecule has 1 N–H and O–H groups in total. The first-order chi connectivity index (χ1) is 9.60. The lowest BCUT2D eigenvalue weighted by molar-refractivity contribution is -0.134. The molecule has 1 amide bonds. The van der Waals surface area contributed by atoms with Crippen LogP contribution in [0.25, 0.3) is 6.08 Å². The molecule has 0 spiro atoms. The minimum Gasteiger partial charge on any atom is -0.394 e. The fraction of sp³-hybridized carbons (Fsp3) is 0.357. The molecule has 4 nitrogen and oxygen atoms in total. The maximum Gasteiger partial charge on any atom is 0.246 e. The Morgan fingerprint density at radius 3 is 2.95 bits per heavy atom. The number of halogens is 2. The highest BCUT2D eigenvalue weighted by atomic mass is 35.5. The van der Waals surface area contributed by atoms with Gasteiger partial charge in [-0.05, 0) is 23.8 Å². The number of nitrogens with zero attached hydrogens (tertiary/aromatic N) is 1. The average molecular weight is 316 g/mol. The van der Waals surface area contributed by atoms with E-state index in [2.05, 4.69) is 0 Å². The number of carbonyl (C=O) groups is 1. The van der Waals surface area contributed by atoms with Gasteiger partial charge in [-0.1, -0.05) is 29.3 Å². The van der Waals surface area contributed by atoms with Crippen LogP contribution in [-0.4, -0.2) is 48.3 Å². The third kappa shape index (κ3) is 3.96. The number of aliphatic hydroxyl groups is 1. The summed E-state index contributed by atoms with van der Waals surface area (Å²) in [6, 6.07) is 5.17. The van der Waals surface area contributed by atoms with Crippen molar-refractivity contribution in [2.45, 2.75) is 6.10 Å². The standard InChI is InChI=1S/C14H15Cl2NO3/c15-12-3-1-10(7-13(12)16)2-4-14(19)17-5-6-20-11(8-17)9-18/h1-4,7,11,18H,5-6,8-9H2/b4-2+. The summed E-state index contributed by atoms with van der Waals surface area (Å²) in [5.41, 5.74) is 0.805. The Balaban J connectivity index is 1.99. The summed E-state index contributed by atoms with van der Waals surface area (Å²) < 4.78 is 5.30. The van der Waals surface area contributed by atoms with Gasteiger partial charge < -0.3 is 14.7 Å². The van der Waals surface area contributed by atoms with Gasteiger partial charge in [-0.15, -0.1) is 0 Å². The molecule has 1 aromatic carbocycles. The summed E-state index contributed by atoms with van der Waals surface area (Å²) in [5, 5.41) is 9.98. The first kappa shape index (κ1) is 15.3. The molecule has 1 aliphatic heterocycles. The van der Waals surface area contributed by atoms with Crippen molar-refractivity contribution in [3.05, 3.63) is 39.9 Å². The zero-order valence-corrected chi connectivity index (χ0v) is 12.3. The molecule has 1 heterocycles. The van der Waals surface area contributed by atoms with Crippen LogP contribution in [0.2, 0.25) is 10.0 Å². The van der Waals surface area contributed by atoms with Gasteiger partial charge >= 0.3 is 0 Å². The van der Waals surface area contributed by atoms with Crippen molar-refractivity contribution < 1.29 is 14.6 Å². The summed E-state index contributed by atoms with van der Waals surface area (Å²) in [6.45, 7) is 1.29. The SMILES string of the molecule is O=C(/C=C/c1ccc(Cl)c(Cl)c1)N1CCOC(CO)C1. The van der Waals surface area contributed by atoms with Gasteiger partial charge in [0, 0.05) is 19.2 Å². The fourth-order valence-corrected chi connectivity index (χ4v) is 2.23. The highest BCUT2D eigenvalue weighted by Crippen LogP contribution is 2.23. The molecule has 20 heavy (non-hydrogen) atoms. The molecular weight excluding hydrogens is 301 g/mol. The van der Waals surface area contributed by atoms with Gasteiger partial charge in [0.05, 0.1) is 29.4 Å². The smallest absolute Gasteiger partial charge is 0.246 e. The minimum absolute atomic E-state index is 0.0830. The van der Waals surface area contributed by atoms with Crippen LogP contribution in [-0.2, 0) is 9.53 Å². The average Bonchev–Trinajstić information content (AvgIpc) is 2.48. The number of hydrogen-bond acceptors (Lipinski definition) is 3. The Labute approximate surface area is 127 Å². The summed E-state index contributed by atoms with van der Waals surface area (Å²) in [6.07, 6.45) is 2.87. The monoisotopic (exact) mass is 315 g/mol. The lowest BCUT2D eigenvalue weighted by Crippen LogP contribution is -2.46. The van der Waals surface area contributed by atoms with E-state index >= 15 is 0 Å². The van der Waals surface area contributed by atoms with Crippen molar-refractivity contribution in [1.82, 2.24) is 4.90 Å². The van der Waals surface area contributed by atoms with Crippen molar-refractivity contribution in [1.29, 1.82) is 0 Å². The molecule has 0 radical (unpaired) electrons. The molecule has 1 saturated heterocycles. The number of benzene rings is 1. The van der Waals surface area contributed by atoms with Gasteiger partial charge in [0.25, 0.3) is 0 Å².